The van der Waals surface area contributed by atoms with Gasteiger partial charge in [-0.25, -0.2) is 0 Å². The molecule has 35 valence electrons. The Kier molecular flexibility index (Phi) is 24.6. The van der Waals surface area contributed by atoms with Crippen molar-refractivity contribution in [1.29, 1.82) is 0 Å². The van der Waals surface area contributed by atoms with Crippen molar-refractivity contribution >= 4 is 5.97 Å². The van der Waals surface area contributed by atoms with Crippen molar-refractivity contribution in [3.05, 3.63) is 0 Å². The van der Waals surface area contributed by atoms with Crippen molar-refractivity contribution in [2.75, 3.05) is 0 Å². The summed E-state index contributed by atoms with van der Waals surface area (Å²) in [6, 6.07) is 0. The first-order chi connectivity index (χ1) is 1.73. The molecule has 0 bridgehead atoms. The molecule has 0 aliphatic heterocycles. The number of hydrogen-bond acceptors (Lipinski definition) is 1. The summed E-state index contributed by atoms with van der Waals surface area (Å²) < 4.78 is 0. The number of carbonyl (C=O) groups is 1. The molecular formula is C2H5CoNaO2. The van der Waals surface area contributed by atoms with Crippen molar-refractivity contribution in [1.82, 2.24) is 0 Å². The van der Waals surface area contributed by atoms with Crippen LogP contribution in [-0.4, -0.2) is 11.1 Å². The molecule has 0 aliphatic rings. The molecule has 0 amide bonds. The van der Waals surface area contributed by atoms with Crippen molar-refractivity contribution in [2.24, 2.45) is 0 Å². The molecule has 1 N–H and O–H groups in total. The molecule has 0 fully saturated rings. The fraction of sp³-hybridized carbons (Fsp3) is 0.500. The zero-order valence-electron chi connectivity index (χ0n) is 4.69. The van der Waals surface area contributed by atoms with Gasteiger partial charge in [-0.2, -0.15) is 0 Å². The molecule has 0 spiro atoms. The second-order valence-electron chi connectivity index (χ2n) is 0.519. The van der Waals surface area contributed by atoms with Gasteiger partial charge in [-0.3, -0.25) is 4.79 Å². The molecule has 2 nitrogen and oxygen atoms in total. The minimum absolute atomic E-state index is 0. The second kappa shape index (κ2) is 9.36. The molecule has 0 aliphatic carbocycles. The minimum Gasteiger partial charge on any atom is -1.00 e. The van der Waals surface area contributed by atoms with E-state index in [0.717, 1.165) is 6.92 Å². The van der Waals surface area contributed by atoms with Crippen LogP contribution >= 0.6 is 0 Å². The van der Waals surface area contributed by atoms with Crippen LogP contribution in [0.2, 0.25) is 0 Å². The third-order valence-electron chi connectivity index (χ3n) is 0. The van der Waals surface area contributed by atoms with E-state index in [4.69, 9.17) is 9.90 Å². The predicted molar refractivity (Wildman–Crippen MR) is 14.4 cm³/mol. The Morgan fingerprint density at radius 3 is 1.83 bits per heavy atom. The van der Waals surface area contributed by atoms with Crippen molar-refractivity contribution in [2.45, 2.75) is 6.92 Å². The maximum atomic E-state index is 9.00. The molecule has 0 saturated carbocycles. The molecule has 0 aromatic heterocycles. The fourth-order valence-corrected chi connectivity index (χ4v) is 0. The Morgan fingerprint density at radius 1 is 1.83 bits per heavy atom. The molecule has 4 heteroatoms. The van der Waals surface area contributed by atoms with E-state index in [9.17, 15) is 0 Å². The van der Waals surface area contributed by atoms with Gasteiger partial charge in [0.05, 0.1) is 0 Å². The van der Waals surface area contributed by atoms with Crippen molar-refractivity contribution in [3.63, 3.8) is 0 Å². The monoisotopic (exact) mass is 143 g/mol. The molecule has 1 radical (unpaired) electrons. The summed E-state index contributed by atoms with van der Waals surface area (Å²) >= 11 is 0. The first-order valence-electron chi connectivity index (χ1n) is 0.928. The zero-order chi connectivity index (χ0) is 3.58. The Balaban J connectivity index is -0.0000000150. The topological polar surface area (TPSA) is 37.3 Å². The first kappa shape index (κ1) is 15.8. The van der Waals surface area contributed by atoms with Gasteiger partial charge in [0.1, 0.15) is 0 Å². The van der Waals surface area contributed by atoms with Crippen LogP contribution in [0.25, 0.3) is 0 Å². The smallest absolute Gasteiger partial charge is 1.00 e. The van der Waals surface area contributed by atoms with Crippen LogP contribution in [0.3, 0.4) is 0 Å². The summed E-state index contributed by atoms with van der Waals surface area (Å²) in [5.41, 5.74) is 0. The molecule has 0 aromatic carbocycles. The zero-order valence-corrected chi connectivity index (χ0v) is 6.73. The summed E-state index contributed by atoms with van der Waals surface area (Å²) in [5.74, 6) is -0.833. The molecule has 6 heavy (non-hydrogen) atoms. The normalized spacial score (nSPS) is 4.17. The van der Waals surface area contributed by atoms with E-state index in [-0.39, 0.29) is 47.8 Å². The summed E-state index contributed by atoms with van der Waals surface area (Å²) in [6.07, 6.45) is 0. The number of aliphatic carboxylic acids is 1. The van der Waals surface area contributed by atoms with Crippen LogP contribution in [0.15, 0.2) is 0 Å². The van der Waals surface area contributed by atoms with Gasteiger partial charge in [-0.1, -0.05) is 0 Å². The van der Waals surface area contributed by atoms with E-state index < -0.39 is 5.97 Å². The Hall–Kier alpha value is 0.976. The number of rotatable bonds is 0. The van der Waals surface area contributed by atoms with Gasteiger partial charge in [-0.05, 0) is 0 Å². The maximum Gasteiger partial charge on any atom is 1.00 e. The molecule has 0 heterocycles. The molecule has 0 atom stereocenters. The van der Waals surface area contributed by atoms with Gasteiger partial charge >= 0.3 is 29.6 Å². The van der Waals surface area contributed by atoms with Crippen molar-refractivity contribution < 1.29 is 57.7 Å². The SMILES string of the molecule is CC(=O)O.[Co].[H-].[Na+]. The largest absolute Gasteiger partial charge is 1.00 e. The maximum absolute atomic E-state index is 9.00. The molecule has 0 unspecified atom stereocenters. The first-order valence-corrected chi connectivity index (χ1v) is 0.928. The van der Waals surface area contributed by atoms with Gasteiger partial charge in [0.2, 0.25) is 0 Å². The standard InChI is InChI=1S/C2H4O2.Co.Na.H/c1-2(3)4;;;/h1H3,(H,3,4);;;/q;;+1;-1. The van der Waals surface area contributed by atoms with E-state index in [2.05, 4.69) is 0 Å². The van der Waals surface area contributed by atoms with Gasteiger partial charge in [-0.15, -0.1) is 0 Å². The van der Waals surface area contributed by atoms with Crippen LogP contribution in [-0.2, 0) is 21.6 Å². The predicted octanol–water partition coefficient (Wildman–Crippen LogP) is -2.80. The molecule has 0 aromatic rings. The second-order valence-corrected chi connectivity index (χ2v) is 0.519. The van der Waals surface area contributed by atoms with Crippen LogP contribution in [0.1, 0.15) is 8.35 Å². The summed E-state index contributed by atoms with van der Waals surface area (Å²) in [6.45, 7) is 1.08. The quantitative estimate of drug-likeness (QED) is 0.372. The number of carboxylic acid groups (broad SMARTS) is 1. The summed E-state index contributed by atoms with van der Waals surface area (Å²) in [5, 5.41) is 7.42. The Labute approximate surface area is 70.3 Å². The average molecular weight is 143 g/mol. The van der Waals surface area contributed by atoms with Gasteiger partial charge in [0.15, 0.2) is 0 Å². The Bertz CT molecular complexity index is 38.7. The van der Waals surface area contributed by atoms with Crippen LogP contribution in [0.5, 0.6) is 0 Å². The summed E-state index contributed by atoms with van der Waals surface area (Å²) in [7, 11) is 0. The average Bonchev–Trinajstić information content (AvgIpc) is 0.811. The molecular weight excluding hydrogens is 138 g/mol. The van der Waals surface area contributed by atoms with Crippen LogP contribution < -0.4 is 29.6 Å². The number of carboxylic acids is 1. The number of hydrogen-bond donors (Lipinski definition) is 1. The van der Waals surface area contributed by atoms with Crippen LogP contribution in [0, 0.1) is 0 Å². The van der Waals surface area contributed by atoms with E-state index in [1.54, 1.807) is 0 Å². The van der Waals surface area contributed by atoms with Crippen molar-refractivity contribution in [3.8, 4) is 0 Å². The van der Waals surface area contributed by atoms with Crippen LogP contribution in [0.4, 0.5) is 0 Å². The minimum atomic E-state index is -0.833. The van der Waals surface area contributed by atoms with Gasteiger partial charge in [0, 0.05) is 23.7 Å². The van der Waals surface area contributed by atoms with Gasteiger partial charge in [0.25, 0.3) is 5.97 Å². The van der Waals surface area contributed by atoms with Gasteiger partial charge < -0.3 is 6.53 Å². The van der Waals surface area contributed by atoms with E-state index in [1.807, 2.05) is 0 Å². The van der Waals surface area contributed by atoms with E-state index in [0.29, 0.717) is 0 Å². The van der Waals surface area contributed by atoms with E-state index >= 15 is 0 Å². The third-order valence-corrected chi connectivity index (χ3v) is 0. The third kappa shape index (κ3) is 82.5. The van der Waals surface area contributed by atoms with E-state index in [1.165, 1.54) is 0 Å². The Morgan fingerprint density at radius 2 is 1.83 bits per heavy atom. The fourth-order valence-electron chi connectivity index (χ4n) is 0. The molecule has 0 rings (SSSR count). The summed E-state index contributed by atoms with van der Waals surface area (Å²) in [4.78, 5) is 9.00. The molecule has 0 saturated heterocycles.